The Morgan fingerprint density at radius 2 is 1.97 bits per heavy atom. The van der Waals surface area contributed by atoms with Crippen molar-refractivity contribution in [2.75, 3.05) is 25.5 Å². The summed E-state index contributed by atoms with van der Waals surface area (Å²) in [6.07, 6.45) is 1.99. The summed E-state index contributed by atoms with van der Waals surface area (Å²) in [5, 5.41) is 3.01. The van der Waals surface area contributed by atoms with E-state index in [0.29, 0.717) is 11.8 Å². The van der Waals surface area contributed by atoms with Crippen LogP contribution in [-0.2, 0) is 16.6 Å². The van der Waals surface area contributed by atoms with E-state index in [2.05, 4.69) is 24.1 Å². The molecule has 0 unspecified atom stereocenters. The van der Waals surface area contributed by atoms with Gasteiger partial charge < -0.3 is 15.1 Å². The van der Waals surface area contributed by atoms with Gasteiger partial charge in [-0.25, -0.2) is 4.79 Å². The normalized spacial score (nSPS) is 20.8. The van der Waals surface area contributed by atoms with Gasteiger partial charge in [0.1, 0.15) is 0 Å². The molecule has 6 heteroatoms. The Bertz CT molecular complexity index is 843. The molecule has 0 radical (unpaired) electrons. The topological polar surface area (TPSA) is 52.6 Å². The molecule has 0 aliphatic carbocycles. The Morgan fingerprint density at radius 1 is 1.21 bits per heavy atom. The average molecular weight is 414 g/mol. The van der Waals surface area contributed by atoms with Gasteiger partial charge in [-0.2, -0.15) is 0 Å². The number of nitrogens with zero attached hydrogens (tertiary/aromatic N) is 2. The molecule has 3 atom stereocenters. The SMILES string of the molecule is CCN1CC[C@H](N(C)C(=O)Nc2cccc(C[S@@](=O)c3ccccc3)c2)C[C@H]1C. The standard InChI is InChI=1S/C23H31N3O2S/c1-4-26-14-13-21(15-18(26)2)25(3)23(27)24-20-10-8-9-19(16-20)17-29(28)22-11-6-5-7-12-22/h5-12,16,18,21H,4,13-15,17H2,1-3H3,(H,24,27)/t18-,21+,29-/m1/s1. The van der Waals surface area contributed by atoms with Crippen molar-refractivity contribution in [3.8, 4) is 0 Å². The third-order valence-corrected chi connectivity index (χ3v) is 7.14. The molecular formula is C23H31N3O2S. The first kappa shape index (κ1) is 21.5. The predicted molar refractivity (Wildman–Crippen MR) is 120 cm³/mol. The number of carbonyl (C=O) groups excluding carboxylic acids is 1. The second-order valence-corrected chi connectivity index (χ2v) is 9.15. The van der Waals surface area contributed by atoms with E-state index in [1.165, 1.54) is 0 Å². The summed E-state index contributed by atoms with van der Waals surface area (Å²) in [6, 6.07) is 17.7. The van der Waals surface area contributed by atoms with Crippen molar-refractivity contribution in [1.29, 1.82) is 0 Å². The maximum Gasteiger partial charge on any atom is 0.321 e. The van der Waals surface area contributed by atoms with Crippen molar-refractivity contribution in [2.45, 2.75) is 49.4 Å². The zero-order chi connectivity index (χ0) is 20.8. The highest BCUT2D eigenvalue weighted by Crippen LogP contribution is 2.22. The highest BCUT2D eigenvalue weighted by atomic mass is 32.2. The van der Waals surface area contributed by atoms with Gasteiger partial charge in [0.05, 0.1) is 16.6 Å². The zero-order valence-corrected chi connectivity index (χ0v) is 18.3. The first-order valence-electron chi connectivity index (χ1n) is 10.3. The number of anilines is 1. The predicted octanol–water partition coefficient (Wildman–Crippen LogP) is 4.33. The van der Waals surface area contributed by atoms with Gasteiger partial charge in [0, 0.05) is 36.3 Å². The molecule has 2 amide bonds. The highest BCUT2D eigenvalue weighted by molar-refractivity contribution is 7.84. The number of benzene rings is 2. The monoisotopic (exact) mass is 413 g/mol. The van der Waals surface area contributed by atoms with Crippen molar-refractivity contribution in [3.05, 3.63) is 60.2 Å². The van der Waals surface area contributed by atoms with E-state index >= 15 is 0 Å². The maximum absolute atomic E-state index is 12.8. The van der Waals surface area contributed by atoms with Crippen LogP contribution in [0.15, 0.2) is 59.5 Å². The lowest BCUT2D eigenvalue weighted by molar-refractivity contribution is 0.104. The van der Waals surface area contributed by atoms with Crippen LogP contribution < -0.4 is 5.32 Å². The van der Waals surface area contributed by atoms with E-state index in [1.807, 2.05) is 66.5 Å². The lowest BCUT2D eigenvalue weighted by Crippen LogP contribution is -2.50. The van der Waals surface area contributed by atoms with Crippen LogP contribution in [0.25, 0.3) is 0 Å². The van der Waals surface area contributed by atoms with E-state index < -0.39 is 10.8 Å². The molecule has 1 aliphatic rings. The Morgan fingerprint density at radius 3 is 2.66 bits per heavy atom. The van der Waals surface area contributed by atoms with Crippen LogP contribution in [0, 0.1) is 0 Å². The van der Waals surface area contributed by atoms with Crippen molar-refractivity contribution < 1.29 is 9.00 Å². The van der Waals surface area contributed by atoms with Gasteiger partial charge >= 0.3 is 6.03 Å². The molecule has 1 aliphatic heterocycles. The van der Waals surface area contributed by atoms with Crippen LogP contribution >= 0.6 is 0 Å². The van der Waals surface area contributed by atoms with Gasteiger partial charge in [-0.05, 0) is 56.1 Å². The summed E-state index contributed by atoms with van der Waals surface area (Å²) in [5.41, 5.74) is 1.68. The van der Waals surface area contributed by atoms with Crippen LogP contribution in [0.4, 0.5) is 10.5 Å². The molecule has 1 saturated heterocycles. The molecule has 1 N–H and O–H groups in total. The molecular weight excluding hydrogens is 382 g/mol. The Kier molecular flexibility index (Phi) is 7.45. The third-order valence-electron chi connectivity index (χ3n) is 5.74. The molecule has 3 rings (SSSR count). The number of hydrogen-bond acceptors (Lipinski definition) is 3. The molecule has 1 heterocycles. The van der Waals surface area contributed by atoms with E-state index in [9.17, 15) is 9.00 Å². The van der Waals surface area contributed by atoms with E-state index in [4.69, 9.17) is 0 Å². The lowest BCUT2D eigenvalue weighted by Gasteiger charge is -2.40. The second kappa shape index (κ2) is 10.0. The number of carbonyl (C=O) groups is 1. The first-order chi connectivity index (χ1) is 14.0. The molecule has 0 saturated carbocycles. The second-order valence-electron chi connectivity index (χ2n) is 7.70. The lowest BCUT2D eigenvalue weighted by atomic mass is 9.97. The fourth-order valence-corrected chi connectivity index (χ4v) is 5.05. The molecule has 2 aromatic rings. The summed E-state index contributed by atoms with van der Waals surface area (Å²) in [5.74, 6) is 0.427. The molecule has 0 bridgehead atoms. The largest absolute Gasteiger partial charge is 0.325 e. The Labute approximate surface area is 176 Å². The molecule has 1 fully saturated rings. The van der Waals surface area contributed by atoms with E-state index in [1.54, 1.807) is 0 Å². The first-order valence-corrected chi connectivity index (χ1v) is 11.6. The summed E-state index contributed by atoms with van der Waals surface area (Å²) in [4.78, 5) is 17.9. The van der Waals surface area contributed by atoms with Crippen molar-refractivity contribution in [2.24, 2.45) is 0 Å². The minimum Gasteiger partial charge on any atom is -0.325 e. The minimum atomic E-state index is -1.10. The summed E-state index contributed by atoms with van der Waals surface area (Å²) in [6.45, 7) is 6.50. The molecule has 156 valence electrons. The molecule has 5 nitrogen and oxygen atoms in total. The zero-order valence-electron chi connectivity index (χ0n) is 17.5. The van der Waals surface area contributed by atoms with Gasteiger partial charge in [0.25, 0.3) is 0 Å². The number of rotatable bonds is 6. The highest BCUT2D eigenvalue weighted by Gasteiger charge is 2.29. The van der Waals surface area contributed by atoms with Crippen LogP contribution in [0.2, 0.25) is 0 Å². The fraction of sp³-hybridized carbons (Fsp3) is 0.435. The van der Waals surface area contributed by atoms with Gasteiger partial charge in [-0.1, -0.05) is 37.3 Å². The molecule has 0 aromatic heterocycles. The van der Waals surface area contributed by atoms with Gasteiger partial charge in [-0.3, -0.25) is 4.21 Å². The quantitative estimate of drug-likeness (QED) is 0.767. The van der Waals surface area contributed by atoms with Crippen LogP contribution in [0.3, 0.4) is 0 Å². The fourth-order valence-electron chi connectivity index (χ4n) is 3.94. The van der Waals surface area contributed by atoms with Crippen molar-refractivity contribution >= 4 is 22.5 Å². The summed E-state index contributed by atoms with van der Waals surface area (Å²) < 4.78 is 12.6. The van der Waals surface area contributed by atoms with Gasteiger partial charge in [-0.15, -0.1) is 0 Å². The number of urea groups is 1. The van der Waals surface area contributed by atoms with Crippen LogP contribution in [-0.4, -0.2) is 52.3 Å². The maximum atomic E-state index is 12.8. The van der Waals surface area contributed by atoms with Crippen molar-refractivity contribution in [1.82, 2.24) is 9.80 Å². The smallest absolute Gasteiger partial charge is 0.321 e. The van der Waals surface area contributed by atoms with Gasteiger partial charge in [0.2, 0.25) is 0 Å². The summed E-state index contributed by atoms with van der Waals surface area (Å²) >= 11 is 0. The minimum absolute atomic E-state index is 0.0894. The Hall–Kier alpha value is -2.18. The van der Waals surface area contributed by atoms with Crippen molar-refractivity contribution in [3.63, 3.8) is 0 Å². The average Bonchev–Trinajstić information content (AvgIpc) is 2.74. The van der Waals surface area contributed by atoms with E-state index in [0.717, 1.165) is 42.1 Å². The third kappa shape index (κ3) is 5.67. The number of nitrogens with one attached hydrogen (secondary N) is 1. The molecule has 29 heavy (non-hydrogen) atoms. The van der Waals surface area contributed by atoms with Gasteiger partial charge in [0.15, 0.2) is 0 Å². The van der Waals surface area contributed by atoms with Crippen LogP contribution in [0.1, 0.15) is 32.3 Å². The van der Waals surface area contributed by atoms with Crippen LogP contribution in [0.5, 0.6) is 0 Å². The summed E-state index contributed by atoms with van der Waals surface area (Å²) in [7, 11) is 0.773. The number of amides is 2. The Balaban J connectivity index is 1.59. The molecule has 0 spiro atoms. The number of piperidine rings is 1. The number of hydrogen-bond donors (Lipinski definition) is 1. The molecule has 2 aromatic carbocycles. The number of likely N-dealkylation sites (tertiary alicyclic amines) is 1. The van der Waals surface area contributed by atoms with E-state index in [-0.39, 0.29) is 12.1 Å².